The zero-order chi connectivity index (χ0) is 17.2. The number of hydrogen-bond donors (Lipinski definition) is 0. The van der Waals surface area contributed by atoms with Crippen LogP contribution in [-0.4, -0.2) is 38.1 Å². The molecule has 2 aromatic carbocycles. The summed E-state index contributed by atoms with van der Waals surface area (Å²) in [6, 6.07) is 15.9. The molecule has 1 aliphatic rings. The second-order valence-corrected chi connectivity index (χ2v) is 6.32. The Bertz CT molecular complexity index is 873. The normalized spacial score (nSPS) is 16.3. The number of nitrogens with zero attached hydrogens (tertiary/aromatic N) is 5. The number of rotatable bonds is 3. The second-order valence-electron chi connectivity index (χ2n) is 6.32. The third-order valence-corrected chi connectivity index (χ3v) is 4.85. The average Bonchev–Trinajstić information content (AvgIpc) is 3.21. The van der Waals surface area contributed by atoms with Crippen molar-refractivity contribution in [1.82, 2.24) is 25.1 Å². The SMILES string of the molecule is CN(C(=O)c1ccc(-n2cnnn2)cc1)[C@@H]1CCCc2ccccc21. The number of amides is 1. The molecule has 1 atom stereocenters. The highest BCUT2D eigenvalue weighted by molar-refractivity contribution is 5.94. The monoisotopic (exact) mass is 333 g/mol. The molecular weight excluding hydrogens is 314 g/mol. The molecular formula is C19H19N5O. The van der Waals surface area contributed by atoms with Crippen molar-refractivity contribution in [2.75, 3.05) is 7.05 Å². The molecule has 3 aromatic rings. The van der Waals surface area contributed by atoms with Crippen LogP contribution in [0.1, 0.15) is 40.4 Å². The van der Waals surface area contributed by atoms with Crippen molar-refractivity contribution < 1.29 is 4.79 Å². The van der Waals surface area contributed by atoms with Crippen molar-refractivity contribution in [2.24, 2.45) is 0 Å². The number of hydrogen-bond acceptors (Lipinski definition) is 4. The van der Waals surface area contributed by atoms with Crippen molar-refractivity contribution in [3.8, 4) is 5.69 Å². The van der Waals surface area contributed by atoms with Crippen molar-refractivity contribution in [2.45, 2.75) is 25.3 Å². The number of benzene rings is 2. The summed E-state index contributed by atoms with van der Waals surface area (Å²) in [5, 5.41) is 11.1. The number of fused-ring (bicyclic) bond motifs is 1. The zero-order valence-electron chi connectivity index (χ0n) is 14.0. The van der Waals surface area contributed by atoms with Crippen LogP contribution >= 0.6 is 0 Å². The van der Waals surface area contributed by atoms with Gasteiger partial charge in [-0.2, -0.15) is 0 Å². The van der Waals surface area contributed by atoms with E-state index < -0.39 is 0 Å². The molecule has 4 rings (SSSR count). The first kappa shape index (κ1) is 15.5. The fourth-order valence-electron chi connectivity index (χ4n) is 3.51. The summed E-state index contributed by atoms with van der Waals surface area (Å²) in [4.78, 5) is 14.8. The van der Waals surface area contributed by atoms with E-state index in [-0.39, 0.29) is 11.9 Å². The minimum atomic E-state index is 0.0324. The number of carbonyl (C=O) groups excluding carboxylic acids is 1. The van der Waals surface area contributed by atoms with E-state index in [4.69, 9.17) is 0 Å². The number of aryl methyl sites for hydroxylation is 1. The molecule has 0 radical (unpaired) electrons. The molecule has 126 valence electrons. The van der Waals surface area contributed by atoms with Gasteiger partial charge in [0.05, 0.1) is 11.7 Å². The van der Waals surface area contributed by atoms with E-state index in [1.54, 1.807) is 4.68 Å². The van der Waals surface area contributed by atoms with E-state index >= 15 is 0 Å². The molecule has 0 fully saturated rings. The molecule has 1 amide bonds. The summed E-state index contributed by atoms with van der Waals surface area (Å²) < 4.78 is 1.56. The van der Waals surface area contributed by atoms with Crippen molar-refractivity contribution in [3.63, 3.8) is 0 Å². The quantitative estimate of drug-likeness (QED) is 0.739. The van der Waals surface area contributed by atoms with Crippen molar-refractivity contribution >= 4 is 5.91 Å². The van der Waals surface area contributed by atoms with Crippen LogP contribution in [-0.2, 0) is 6.42 Å². The van der Waals surface area contributed by atoms with Gasteiger partial charge in [-0.1, -0.05) is 24.3 Å². The number of tetrazole rings is 1. The Morgan fingerprint density at radius 3 is 2.72 bits per heavy atom. The van der Waals surface area contributed by atoms with Crippen LogP contribution in [0.2, 0.25) is 0 Å². The van der Waals surface area contributed by atoms with Crippen molar-refractivity contribution in [1.29, 1.82) is 0 Å². The lowest BCUT2D eigenvalue weighted by atomic mass is 9.87. The van der Waals surface area contributed by atoms with Gasteiger partial charge >= 0.3 is 0 Å². The Kier molecular flexibility index (Phi) is 4.01. The fraction of sp³-hybridized carbons (Fsp3) is 0.263. The first-order valence-corrected chi connectivity index (χ1v) is 8.42. The minimum absolute atomic E-state index is 0.0324. The lowest BCUT2D eigenvalue weighted by Crippen LogP contribution is -2.33. The molecule has 0 aliphatic heterocycles. The summed E-state index contributed by atoms with van der Waals surface area (Å²) in [5.41, 5.74) is 4.12. The van der Waals surface area contributed by atoms with Crippen LogP contribution in [0.5, 0.6) is 0 Å². The number of aromatic nitrogens is 4. The van der Waals surface area contributed by atoms with Crippen molar-refractivity contribution in [3.05, 3.63) is 71.5 Å². The van der Waals surface area contributed by atoms with Gasteiger partial charge < -0.3 is 4.90 Å². The molecule has 6 nitrogen and oxygen atoms in total. The summed E-state index contributed by atoms with van der Waals surface area (Å²) in [7, 11) is 1.89. The van der Waals surface area contributed by atoms with E-state index in [9.17, 15) is 4.79 Å². The first-order chi connectivity index (χ1) is 12.2. The van der Waals surface area contributed by atoms with Gasteiger partial charge in [0.1, 0.15) is 6.33 Å². The smallest absolute Gasteiger partial charge is 0.254 e. The van der Waals surface area contributed by atoms with Crippen LogP contribution in [0.15, 0.2) is 54.9 Å². The highest BCUT2D eigenvalue weighted by Gasteiger charge is 2.27. The van der Waals surface area contributed by atoms with E-state index in [1.165, 1.54) is 17.5 Å². The van der Waals surface area contributed by atoms with Gasteiger partial charge in [0.2, 0.25) is 0 Å². The van der Waals surface area contributed by atoms with Gasteiger partial charge in [-0.25, -0.2) is 4.68 Å². The molecule has 1 aliphatic carbocycles. The van der Waals surface area contributed by atoms with E-state index in [0.717, 1.165) is 24.9 Å². The Morgan fingerprint density at radius 1 is 1.16 bits per heavy atom. The van der Waals surface area contributed by atoms with Crippen LogP contribution in [0.4, 0.5) is 0 Å². The van der Waals surface area contributed by atoms with Crippen LogP contribution in [0.3, 0.4) is 0 Å². The van der Waals surface area contributed by atoms with Crippen LogP contribution in [0.25, 0.3) is 5.69 Å². The summed E-state index contributed by atoms with van der Waals surface area (Å²) >= 11 is 0. The summed E-state index contributed by atoms with van der Waals surface area (Å²) in [6.07, 6.45) is 4.73. The lowest BCUT2D eigenvalue weighted by molar-refractivity contribution is 0.0715. The molecule has 6 heteroatoms. The van der Waals surface area contributed by atoms with E-state index in [1.807, 2.05) is 36.2 Å². The maximum absolute atomic E-state index is 12.9. The molecule has 0 unspecified atom stereocenters. The van der Waals surface area contributed by atoms with Gasteiger partial charge in [-0.05, 0) is 65.1 Å². The van der Waals surface area contributed by atoms with Crippen LogP contribution < -0.4 is 0 Å². The Morgan fingerprint density at radius 2 is 1.96 bits per heavy atom. The van der Waals surface area contributed by atoms with Gasteiger partial charge in [-0.15, -0.1) is 5.10 Å². The van der Waals surface area contributed by atoms with Gasteiger partial charge in [0.25, 0.3) is 5.91 Å². The fourth-order valence-corrected chi connectivity index (χ4v) is 3.51. The van der Waals surface area contributed by atoms with Gasteiger partial charge in [0.15, 0.2) is 0 Å². The molecule has 25 heavy (non-hydrogen) atoms. The molecule has 1 heterocycles. The third-order valence-electron chi connectivity index (χ3n) is 4.85. The highest BCUT2D eigenvalue weighted by Crippen LogP contribution is 2.34. The molecule has 0 saturated heterocycles. The predicted molar refractivity (Wildman–Crippen MR) is 93.4 cm³/mol. The highest BCUT2D eigenvalue weighted by atomic mass is 16.2. The average molecular weight is 333 g/mol. The Labute approximate surface area is 146 Å². The maximum Gasteiger partial charge on any atom is 0.254 e. The minimum Gasteiger partial charge on any atom is -0.335 e. The lowest BCUT2D eigenvalue weighted by Gasteiger charge is -2.33. The van der Waals surface area contributed by atoms with Gasteiger partial charge in [-0.3, -0.25) is 4.79 Å². The molecule has 1 aromatic heterocycles. The zero-order valence-corrected chi connectivity index (χ0v) is 14.0. The third kappa shape index (κ3) is 2.91. The molecule has 0 spiro atoms. The molecule has 0 bridgehead atoms. The Balaban J connectivity index is 1.57. The molecule has 0 N–H and O–H groups in total. The summed E-state index contributed by atoms with van der Waals surface area (Å²) in [6.45, 7) is 0. The molecule has 0 saturated carbocycles. The van der Waals surface area contributed by atoms with Crippen LogP contribution in [0, 0.1) is 0 Å². The largest absolute Gasteiger partial charge is 0.335 e. The maximum atomic E-state index is 12.9. The first-order valence-electron chi connectivity index (χ1n) is 8.42. The second kappa shape index (κ2) is 6.47. The standard InChI is InChI=1S/C19H19N5O/c1-23(18-8-4-6-14-5-2-3-7-17(14)18)19(25)15-9-11-16(12-10-15)24-13-20-21-22-24/h2-3,5,7,9-13,18H,4,6,8H2,1H3/t18-/m1/s1. The van der Waals surface area contributed by atoms with Gasteiger partial charge in [0, 0.05) is 12.6 Å². The summed E-state index contributed by atoms with van der Waals surface area (Å²) in [5.74, 6) is 0.0324. The predicted octanol–water partition coefficient (Wildman–Crippen LogP) is 2.81. The van der Waals surface area contributed by atoms with E-state index in [0.29, 0.717) is 5.56 Å². The Hall–Kier alpha value is -3.02. The topological polar surface area (TPSA) is 63.9 Å². The number of carbonyl (C=O) groups is 1. The van der Waals surface area contributed by atoms with E-state index in [2.05, 4.69) is 39.8 Å².